The van der Waals surface area contributed by atoms with Crippen molar-refractivity contribution >= 4 is 21.7 Å². The van der Waals surface area contributed by atoms with Gasteiger partial charge in [-0.25, -0.2) is 21.9 Å². The van der Waals surface area contributed by atoms with Crippen LogP contribution in [0.4, 0.5) is 8.78 Å². The van der Waals surface area contributed by atoms with Crippen molar-refractivity contribution in [3.63, 3.8) is 0 Å². The molecule has 1 atom stereocenters. The van der Waals surface area contributed by atoms with Crippen LogP contribution in [0.5, 0.6) is 0 Å². The van der Waals surface area contributed by atoms with E-state index in [9.17, 15) is 17.2 Å². The fraction of sp³-hybridized carbons (Fsp3) is 0.333. The molecule has 0 amide bonds. The molecule has 0 aromatic heterocycles. The highest BCUT2D eigenvalue weighted by Crippen LogP contribution is 2.41. The number of halogens is 2. The summed E-state index contributed by atoms with van der Waals surface area (Å²) in [5, 5.41) is 0. The lowest BCUT2D eigenvalue weighted by Gasteiger charge is -2.36. The largest absolute Gasteiger partial charge is 0.248 e. The van der Waals surface area contributed by atoms with Crippen molar-refractivity contribution in [2.75, 3.05) is 0 Å². The number of rotatable bonds is 7. The zero-order valence-corrected chi connectivity index (χ0v) is 21.8. The lowest BCUT2D eigenvalue weighted by Crippen LogP contribution is -2.44. The number of nitrogens with one attached hydrogen (secondary N) is 1. The van der Waals surface area contributed by atoms with Crippen LogP contribution in [0.15, 0.2) is 77.7 Å². The molecule has 4 rings (SSSR count). The Hall–Kier alpha value is -2.83. The predicted molar refractivity (Wildman–Crippen MR) is 142 cm³/mol. The standard InChI is InChI=1S/C30H33F2NO2S/c1-21-18-22(2)29(23(3)19-21)36(34,35)33-28(26-14-16-30(31,32)17-15-26)27(25-12-8-5-9-13-25)20-24-10-6-4-7-11-24/h4-13,18-20,26,28,33H,14-17H2,1-3H3/b27-20+. The molecule has 0 spiro atoms. The first-order chi connectivity index (χ1) is 17.1. The molecule has 3 aromatic rings. The second-order valence-electron chi connectivity index (χ2n) is 9.90. The van der Waals surface area contributed by atoms with E-state index in [1.54, 1.807) is 13.8 Å². The number of sulfonamides is 1. The number of hydrogen-bond acceptors (Lipinski definition) is 2. The molecular formula is C30H33F2NO2S. The summed E-state index contributed by atoms with van der Waals surface area (Å²) in [7, 11) is -3.94. The zero-order chi connectivity index (χ0) is 25.9. The summed E-state index contributed by atoms with van der Waals surface area (Å²) in [6, 6.07) is 22.3. The minimum atomic E-state index is -3.94. The minimum Gasteiger partial charge on any atom is -0.207 e. The van der Waals surface area contributed by atoms with Gasteiger partial charge in [0.1, 0.15) is 0 Å². The monoisotopic (exact) mass is 509 g/mol. The average Bonchev–Trinajstić information content (AvgIpc) is 2.82. The Kier molecular flexibility index (Phi) is 7.76. The highest BCUT2D eigenvalue weighted by molar-refractivity contribution is 7.89. The predicted octanol–water partition coefficient (Wildman–Crippen LogP) is 7.33. The molecule has 36 heavy (non-hydrogen) atoms. The molecule has 1 aliphatic carbocycles. The third kappa shape index (κ3) is 6.11. The Morgan fingerprint density at radius 2 is 1.44 bits per heavy atom. The Morgan fingerprint density at radius 1 is 0.917 bits per heavy atom. The number of hydrogen-bond donors (Lipinski definition) is 1. The quantitative estimate of drug-likeness (QED) is 0.339. The van der Waals surface area contributed by atoms with Crippen molar-refractivity contribution in [3.05, 3.63) is 101 Å². The highest BCUT2D eigenvalue weighted by Gasteiger charge is 2.40. The molecule has 1 N–H and O–H groups in total. The fourth-order valence-corrected chi connectivity index (χ4v) is 7.08. The summed E-state index contributed by atoms with van der Waals surface area (Å²) in [6.07, 6.45) is 1.97. The molecular weight excluding hydrogens is 476 g/mol. The van der Waals surface area contributed by atoms with Crippen LogP contribution in [0, 0.1) is 26.7 Å². The molecule has 0 radical (unpaired) electrons. The summed E-state index contributed by atoms with van der Waals surface area (Å²) in [6.45, 7) is 5.52. The van der Waals surface area contributed by atoms with Crippen molar-refractivity contribution in [3.8, 4) is 0 Å². The minimum absolute atomic E-state index is 0.241. The van der Waals surface area contributed by atoms with Gasteiger partial charge in [-0.3, -0.25) is 0 Å². The lowest BCUT2D eigenvalue weighted by atomic mass is 9.78. The molecule has 1 fully saturated rings. The van der Waals surface area contributed by atoms with E-state index in [1.165, 1.54) is 0 Å². The van der Waals surface area contributed by atoms with Crippen LogP contribution >= 0.6 is 0 Å². The van der Waals surface area contributed by atoms with Gasteiger partial charge >= 0.3 is 0 Å². The summed E-state index contributed by atoms with van der Waals surface area (Å²) in [4.78, 5) is 0.256. The Bertz CT molecular complexity index is 1300. The lowest BCUT2D eigenvalue weighted by molar-refractivity contribution is -0.0469. The topological polar surface area (TPSA) is 46.2 Å². The SMILES string of the molecule is Cc1cc(C)c(S(=O)(=O)NC(/C(=C/c2ccccc2)c2ccccc2)C2CCC(F)(F)CC2)c(C)c1. The van der Waals surface area contributed by atoms with Gasteiger partial charge < -0.3 is 0 Å². The van der Waals surface area contributed by atoms with Crippen LogP contribution in [0.1, 0.15) is 53.5 Å². The molecule has 6 heteroatoms. The molecule has 0 saturated heterocycles. The van der Waals surface area contributed by atoms with Crippen LogP contribution in [0.3, 0.4) is 0 Å². The fourth-order valence-electron chi connectivity index (χ4n) is 5.34. The molecule has 0 bridgehead atoms. The van der Waals surface area contributed by atoms with Gasteiger partial charge in [0.15, 0.2) is 0 Å². The third-order valence-corrected chi connectivity index (χ3v) is 8.70. The molecule has 1 unspecified atom stereocenters. The third-order valence-electron chi connectivity index (χ3n) is 6.95. The van der Waals surface area contributed by atoms with Crippen LogP contribution in [0.25, 0.3) is 11.6 Å². The van der Waals surface area contributed by atoms with E-state index in [1.807, 2.05) is 85.8 Å². The van der Waals surface area contributed by atoms with Crippen molar-refractivity contribution < 1.29 is 17.2 Å². The molecule has 0 aliphatic heterocycles. The maximum absolute atomic E-state index is 14.1. The normalized spacial score (nSPS) is 17.6. The van der Waals surface area contributed by atoms with Gasteiger partial charge in [-0.05, 0) is 73.4 Å². The summed E-state index contributed by atoms with van der Waals surface area (Å²) in [5.41, 5.74) is 4.89. The smallest absolute Gasteiger partial charge is 0.207 e. The summed E-state index contributed by atoms with van der Waals surface area (Å²) >= 11 is 0. The Balaban J connectivity index is 1.84. The Labute approximate surface area is 213 Å². The summed E-state index contributed by atoms with van der Waals surface area (Å²) in [5.74, 6) is -2.97. The van der Waals surface area contributed by atoms with Crippen LogP contribution in [0.2, 0.25) is 0 Å². The Morgan fingerprint density at radius 3 is 2.00 bits per heavy atom. The van der Waals surface area contributed by atoms with E-state index in [-0.39, 0.29) is 36.5 Å². The average molecular weight is 510 g/mol. The first-order valence-electron chi connectivity index (χ1n) is 12.4. The molecule has 0 heterocycles. The summed E-state index contributed by atoms with van der Waals surface area (Å²) < 4.78 is 58.9. The van der Waals surface area contributed by atoms with Gasteiger partial charge in [0, 0.05) is 12.8 Å². The van der Waals surface area contributed by atoms with Crippen molar-refractivity contribution in [2.24, 2.45) is 5.92 Å². The first kappa shape index (κ1) is 26.2. The molecule has 3 nitrogen and oxygen atoms in total. The molecule has 1 aliphatic rings. The maximum Gasteiger partial charge on any atom is 0.248 e. The van der Waals surface area contributed by atoms with Crippen molar-refractivity contribution in [1.82, 2.24) is 4.72 Å². The number of aryl methyl sites for hydroxylation is 3. The molecule has 3 aromatic carbocycles. The second kappa shape index (κ2) is 10.7. The zero-order valence-electron chi connectivity index (χ0n) is 21.0. The van der Waals surface area contributed by atoms with E-state index in [0.29, 0.717) is 11.1 Å². The number of benzene rings is 3. The van der Waals surface area contributed by atoms with E-state index < -0.39 is 22.0 Å². The van der Waals surface area contributed by atoms with Crippen LogP contribution in [-0.4, -0.2) is 20.4 Å². The van der Waals surface area contributed by atoms with Crippen molar-refractivity contribution in [2.45, 2.75) is 63.3 Å². The van der Waals surface area contributed by atoms with Crippen LogP contribution in [-0.2, 0) is 10.0 Å². The first-order valence-corrected chi connectivity index (χ1v) is 13.8. The van der Waals surface area contributed by atoms with E-state index >= 15 is 0 Å². The molecule has 190 valence electrons. The van der Waals surface area contributed by atoms with Crippen molar-refractivity contribution in [1.29, 1.82) is 0 Å². The molecule has 1 saturated carbocycles. The van der Waals surface area contributed by atoms with Gasteiger partial charge in [0.25, 0.3) is 0 Å². The second-order valence-corrected chi connectivity index (χ2v) is 11.5. The van der Waals surface area contributed by atoms with Gasteiger partial charge in [-0.2, -0.15) is 0 Å². The van der Waals surface area contributed by atoms with Gasteiger partial charge in [0.05, 0.1) is 10.9 Å². The van der Waals surface area contributed by atoms with Gasteiger partial charge in [-0.15, -0.1) is 0 Å². The van der Waals surface area contributed by atoms with Gasteiger partial charge in [0.2, 0.25) is 15.9 Å². The number of alkyl halides is 2. The van der Waals surface area contributed by atoms with Gasteiger partial charge in [-0.1, -0.05) is 78.4 Å². The van der Waals surface area contributed by atoms with Crippen LogP contribution < -0.4 is 4.72 Å². The van der Waals surface area contributed by atoms with E-state index in [4.69, 9.17) is 0 Å². The highest BCUT2D eigenvalue weighted by atomic mass is 32.2. The van der Waals surface area contributed by atoms with E-state index in [0.717, 1.165) is 22.3 Å². The van der Waals surface area contributed by atoms with E-state index in [2.05, 4.69) is 4.72 Å². The maximum atomic E-state index is 14.1.